The monoisotopic (exact) mass is 800 g/mol. The quantitative estimate of drug-likeness (QED) is 0.110. The SMILES string of the molecule is CC(C)=CCC[C@](C)(O[C@@H]1O[C@H](CO)[C@@H](O)[C@H](O)[C@H]1O)[C@H]1CC[C@]2(C)[C@@H]1[C@H](O)CC1[C@@]3(C)CC[C@H](O)C(C)(C)[C@@H]3[C@@H](O[C@@H]3O[C@H](CO)[C@@H](O)[C@H](O)[C@H]3O)C[C@]12C. The topological polar surface area (TPSA) is 239 Å². The summed E-state index contributed by atoms with van der Waals surface area (Å²) >= 11 is 0. The van der Waals surface area contributed by atoms with Crippen molar-refractivity contribution in [2.45, 2.75) is 192 Å². The van der Waals surface area contributed by atoms with Crippen molar-refractivity contribution in [1.29, 1.82) is 0 Å². The Labute approximate surface area is 331 Å². The fourth-order valence-electron chi connectivity index (χ4n) is 13.5. The zero-order valence-electron chi connectivity index (χ0n) is 34.6. The van der Waals surface area contributed by atoms with E-state index < -0.39 is 120 Å². The molecule has 0 spiro atoms. The number of aliphatic hydroxyl groups excluding tert-OH is 10. The van der Waals surface area contributed by atoms with Gasteiger partial charge < -0.3 is 70.0 Å². The summed E-state index contributed by atoms with van der Waals surface area (Å²) in [5, 5.41) is 109. The van der Waals surface area contributed by atoms with Gasteiger partial charge in [-0.25, -0.2) is 0 Å². The molecule has 14 nitrogen and oxygen atoms in total. The molecule has 4 saturated carbocycles. The summed E-state index contributed by atoms with van der Waals surface area (Å²) in [5.74, 6) is -0.781. The zero-order valence-corrected chi connectivity index (χ0v) is 34.6. The first-order chi connectivity index (χ1) is 26.0. The van der Waals surface area contributed by atoms with Gasteiger partial charge in [0.15, 0.2) is 12.6 Å². The van der Waals surface area contributed by atoms with Gasteiger partial charge in [0.2, 0.25) is 0 Å². The second-order valence-electron chi connectivity index (χ2n) is 20.2. The second-order valence-corrected chi connectivity index (χ2v) is 20.2. The predicted octanol–water partition coefficient (Wildman–Crippen LogP) is 1.12. The Morgan fingerprint density at radius 2 is 1.32 bits per heavy atom. The van der Waals surface area contributed by atoms with Gasteiger partial charge in [0.05, 0.1) is 37.1 Å². The van der Waals surface area contributed by atoms with Gasteiger partial charge in [-0.05, 0) is 117 Å². The molecule has 6 fully saturated rings. The number of fused-ring (bicyclic) bond motifs is 5. The van der Waals surface area contributed by atoms with Crippen LogP contribution in [-0.4, -0.2) is 150 Å². The molecule has 0 bridgehead atoms. The van der Waals surface area contributed by atoms with Gasteiger partial charge in [-0.3, -0.25) is 0 Å². The van der Waals surface area contributed by atoms with Crippen molar-refractivity contribution in [1.82, 2.24) is 0 Å². The standard InChI is InChI=1S/C42H72O14/c1-20(2)10-9-13-42(8,56-37-34(52)32(50)30(48)25(19-44)55-37)21-11-15-40(6)28(21)22(45)16-26-39(5)14-12-27(46)38(3,4)35(39)23(17-41(26,40)7)53-36-33(51)31(49)29(47)24(18-43)54-36/h10,21-37,43-52H,9,11-19H2,1-8H3/t21-,22+,23-,24+,25+,26?,27-,28-,29+,30+,31-,32-,33+,34+,35-,36+,37-,39+,40+,41+,42-/m0/s1. The Morgan fingerprint density at radius 1 is 0.750 bits per heavy atom. The normalized spacial score (nSPS) is 52.6. The van der Waals surface area contributed by atoms with Crippen molar-refractivity contribution in [3.8, 4) is 0 Å². The molecule has 1 unspecified atom stereocenters. The maximum atomic E-state index is 12.6. The van der Waals surface area contributed by atoms with Gasteiger partial charge in [-0.2, -0.15) is 0 Å². The summed E-state index contributed by atoms with van der Waals surface area (Å²) in [7, 11) is 0. The van der Waals surface area contributed by atoms with E-state index >= 15 is 0 Å². The zero-order chi connectivity index (χ0) is 41.5. The third-order valence-corrected chi connectivity index (χ3v) is 16.6. The van der Waals surface area contributed by atoms with Crippen molar-refractivity contribution in [3.63, 3.8) is 0 Å². The molecule has 56 heavy (non-hydrogen) atoms. The largest absolute Gasteiger partial charge is 0.394 e. The highest BCUT2D eigenvalue weighted by molar-refractivity contribution is 5.22. The Hall–Kier alpha value is -0.820. The van der Waals surface area contributed by atoms with Crippen molar-refractivity contribution in [2.75, 3.05) is 13.2 Å². The van der Waals surface area contributed by atoms with Crippen molar-refractivity contribution >= 4 is 0 Å². The number of rotatable bonds is 10. The van der Waals surface area contributed by atoms with Crippen LogP contribution in [0.4, 0.5) is 0 Å². The van der Waals surface area contributed by atoms with Crippen LogP contribution in [0, 0.1) is 45.3 Å². The lowest BCUT2D eigenvalue weighted by Gasteiger charge is -2.72. The third-order valence-electron chi connectivity index (χ3n) is 16.6. The molecular weight excluding hydrogens is 728 g/mol. The van der Waals surface area contributed by atoms with E-state index in [1.807, 2.05) is 34.6 Å². The molecule has 10 N–H and O–H groups in total. The van der Waals surface area contributed by atoms with E-state index in [4.69, 9.17) is 18.9 Å². The lowest BCUT2D eigenvalue weighted by Crippen LogP contribution is -2.71. The summed E-state index contributed by atoms with van der Waals surface area (Å²) in [5.41, 5.74) is -1.92. The first-order valence-corrected chi connectivity index (χ1v) is 21.0. The Balaban J connectivity index is 1.39. The number of aliphatic hydroxyl groups is 10. The van der Waals surface area contributed by atoms with E-state index in [9.17, 15) is 51.1 Å². The second kappa shape index (κ2) is 15.9. The predicted molar refractivity (Wildman–Crippen MR) is 202 cm³/mol. The number of allylic oxidation sites excluding steroid dienone is 2. The minimum absolute atomic E-state index is 0.000258. The summed E-state index contributed by atoms with van der Waals surface area (Å²) in [4.78, 5) is 0. The highest BCUT2D eigenvalue weighted by Gasteiger charge is 2.74. The first-order valence-electron chi connectivity index (χ1n) is 21.0. The van der Waals surface area contributed by atoms with E-state index in [1.54, 1.807) is 0 Å². The van der Waals surface area contributed by atoms with Crippen molar-refractivity contribution in [3.05, 3.63) is 11.6 Å². The van der Waals surface area contributed by atoms with Crippen LogP contribution in [0.1, 0.15) is 107 Å². The van der Waals surface area contributed by atoms with Crippen molar-refractivity contribution in [2.24, 2.45) is 45.3 Å². The maximum absolute atomic E-state index is 12.6. The first kappa shape index (κ1) is 44.7. The molecule has 0 aromatic rings. The molecule has 4 aliphatic carbocycles. The Bertz CT molecular complexity index is 1400. The summed E-state index contributed by atoms with van der Waals surface area (Å²) in [6.45, 7) is 15.7. The molecule has 2 saturated heterocycles. The number of hydrogen-bond donors (Lipinski definition) is 10. The van der Waals surface area contributed by atoms with Gasteiger partial charge >= 0.3 is 0 Å². The molecule has 6 aliphatic rings. The highest BCUT2D eigenvalue weighted by atomic mass is 16.7. The average Bonchev–Trinajstić information content (AvgIpc) is 3.52. The molecular formula is C42H72O14. The van der Waals surface area contributed by atoms with E-state index in [2.05, 4.69) is 26.8 Å². The highest BCUT2D eigenvalue weighted by Crippen LogP contribution is 2.76. The molecule has 6 rings (SSSR count). The Morgan fingerprint density at radius 3 is 1.89 bits per heavy atom. The van der Waals surface area contributed by atoms with Gasteiger partial charge in [-0.15, -0.1) is 0 Å². The van der Waals surface area contributed by atoms with E-state index in [-0.39, 0.29) is 23.7 Å². The fourth-order valence-corrected chi connectivity index (χ4v) is 13.5. The summed E-state index contributed by atoms with van der Waals surface area (Å²) in [6, 6.07) is 0. The number of hydrogen-bond acceptors (Lipinski definition) is 14. The van der Waals surface area contributed by atoms with Gasteiger partial charge in [0.1, 0.15) is 48.8 Å². The maximum Gasteiger partial charge on any atom is 0.187 e. The summed E-state index contributed by atoms with van der Waals surface area (Å²) < 4.78 is 25.4. The average molecular weight is 801 g/mol. The van der Waals surface area contributed by atoms with Gasteiger partial charge in [0.25, 0.3) is 0 Å². The van der Waals surface area contributed by atoms with Crippen LogP contribution in [0.25, 0.3) is 0 Å². The lowest BCUT2D eigenvalue weighted by molar-refractivity contribution is -0.349. The van der Waals surface area contributed by atoms with E-state index in [0.29, 0.717) is 44.9 Å². The Kier molecular flexibility index (Phi) is 12.7. The molecule has 0 aromatic carbocycles. The van der Waals surface area contributed by atoms with Crippen LogP contribution in [0.3, 0.4) is 0 Å². The minimum Gasteiger partial charge on any atom is -0.394 e. The molecule has 21 atom stereocenters. The van der Waals surface area contributed by atoms with E-state index in [0.717, 1.165) is 12.0 Å². The van der Waals surface area contributed by atoms with Crippen LogP contribution in [0.5, 0.6) is 0 Å². The van der Waals surface area contributed by atoms with Gasteiger partial charge in [-0.1, -0.05) is 46.3 Å². The third kappa shape index (κ3) is 7.06. The van der Waals surface area contributed by atoms with Crippen LogP contribution >= 0.6 is 0 Å². The fraction of sp³-hybridized carbons (Fsp3) is 0.952. The van der Waals surface area contributed by atoms with E-state index in [1.165, 1.54) is 0 Å². The van der Waals surface area contributed by atoms with Crippen LogP contribution < -0.4 is 0 Å². The number of ether oxygens (including phenoxy) is 4. The molecule has 0 aromatic heterocycles. The molecule has 324 valence electrons. The van der Waals surface area contributed by atoms with Crippen LogP contribution in [0.15, 0.2) is 11.6 Å². The minimum atomic E-state index is -1.61. The lowest BCUT2D eigenvalue weighted by atomic mass is 9.34. The van der Waals surface area contributed by atoms with Gasteiger partial charge in [0, 0.05) is 0 Å². The molecule has 14 heteroatoms. The van der Waals surface area contributed by atoms with Crippen LogP contribution in [0.2, 0.25) is 0 Å². The smallest absolute Gasteiger partial charge is 0.187 e. The molecule has 0 radical (unpaired) electrons. The summed E-state index contributed by atoms with van der Waals surface area (Å²) in [6.07, 6.45) is -9.52. The van der Waals surface area contributed by atoms with Crippen molar-refractivity contribution < 1.29 is 70.0 Å². The molecule has 0 amide bonds. The molecule has 2 aliphatic heterocycles. The van der Waals surface area contributed by atoms with Crippen LogP contribution in [-0.2, 0) is 18.9 Å². The molecule has 2 heterocycles.